The van der Waals surface area contributed by atoms with Crippen molar-refractivity contribution in [2.45, 2.75) is 19.3 Å². The number of aromatic amines is 1. The Kier molecular flexibility index (Phi) is 6.89. The summed E-state index contributed by atoms with van der Waals surface area (Å²) in [5.74, 6) is 0.0119. The highest BCUT2D eigenvalue weighted by atomic mass is 16.1. The fourth-order valence-electron chi connectivity index (χ4n) is 4.32. The number of carbonyl (C=O) groups is 2. The number of hydrogen-bond acceptors (Lipinski definition) is 4. The number of hydrogen-bond donors (Lipinski definition) is 3. The number of nitrogens with two attached hydrogens (primary N) is 1. The molecule has 2 aromatic heterocycles. The summed E-state index contributed by atoms with van der Waals surface area (Å²) in [6, 6.07) is 24.6. The topological polar surface area (TPSA) is 119 Å². The molecule has 184 valence electrons. The average molecular weight is 491 g/mol. The standard InChI is InChI=1S/C29H26N6O2/c30-28(37)25-15-8-14-24(20-17-31-32-18-20)27(25)29-34-22(19-35(29)23-12-5-2-6-13-23)11-7-16-26(36)33-21-9-3-1-4-10-21/h1-6,8-10,12-15,17-19H,7,11,16H2,(H2,30,37)(H,31,32)(H,33,36). The van der Waals surface area contributed by atoms with E-state index in [0.717, 1.165) is 28.2 Å². The van der Waals surface area contributed by atoms with Crippen molar-refractivity contribution in [2.24, 2.45) is 5.73 Å². The Morgan fingerprint density at radius 3 is 2.41 bits per heavy atom. The molecule has 0 aliphatic carbocycles. The van der Waals surface area contributed by atoms with Crippen LogP contribution >= 0.6 is 0 Å². The SMILES string of the molecule is NC(=O)c1cccc(-c2cn[nH]c2)c1-c1nc(CCCC(=O)Nc2ccccc2)cn1-c1ccccc1. The summed E-state index contributed by atoms with van der Waals surface area (Å²) in [6.45, 7) is 0. The van der Waals surface area contributed by atoms with Gasteiger partial charge in [-0.2, -0.15) is 5.10 Å². The first kappa shape index (κ1) is 23.7. The number of imidazole rings is 1. The second kappa shape index (κ2) is 10.7. The Morgan fingerprint density at radius 1 is 0.946 bits per heavy atom. The number of benzene rings is 3. The maximum atomic E-state index is 12.5. The Balaban J connectivity index is 1.49. The number of primary amides is 1. The molecule has 3 aromatic carbocycles. The van der Waals surface area contributed by atoms with Gasteiger partial charge in [0.25, 0.3) is 0 Å². The van der Waals surface area contributed by atoms with Crippen molar-refractivity contribution in [1.82, 2.24) is 19.7 Å². The number of H-pyrrole nitrogens is 1. The summed E-state index contributed by atoms with van der Waals surface area (Å²) in [7, 11) is 0. The monoisotopic (exact) mass is 490 g/mol. The summed E-state index contributed by atoms with van der Waals surface area (Å²) >= 11 is 0. The van der Waals surface area contributed by atoms with Gasteiger partial charge in [-0.05, 0) is 48.7 Å². The average Bonchev–Trinajstić information content (AvgIpc) is 3.60. The molecule has 4 N–H and O–H groups in total. The molecule has 0 saturated heterocycles. The van der Waals surface area contributed by atoms with Crippen molar-refractivity contribution in [3.63, 3.8) is 0 Å². The van der Waals surface area contributed by atoms with E-state index in [1.165, 1.54) is 0 Å². The fraction of sp³-hybridized carbons (Fsp3) is 0.103. The van der Waals surface area contributed by atoms with Gasteiger partial charge in [0.15, 0.2) is 0 Å². The smallest absolute Gasteiger partial charge is 0.249 e. The van der Waals surface area contributed by atoms with Crippen LogP contribution < -0.4 is 11.1 Å². The van der Waals surface area contributed by atoms with Crippen LogP contribution in [0, 0.1) is 0 Å². The van der Waals surface area contributed by atoms with E-state index in [4.69, 9.17) is 10.7 Å². The molecule has 37 heavy (non-hydrogen) atoms. The third-order valence-corrected chi connectivity index (χ3v) is 6.05. The zero-order chi connectivity index (χ0) is 25.6. The molecule has 0 unspecified atom stereocenters. The van der Waals surface area contributed by atoms with E-state index in [1.54, 1.807) is 24.5 Å². The minimum atomic E-state index is -0.540. The van der Waals surface area contributed by atoms with Crippen molar-refractivity contribution in [1.29, 1.82) is 0 Å². The molecule has 2 amide bonds. The summed E-state index contributed by atoms with van der Waals surface area (Å²) in [4.78, 5) is 29.8. The number of aryl methyl sites for hydroxylation is 1. The summed E-state index contributed by atoms with van der Waals surface area (Å²) in [5.41, 5.74) is 10.9. The van der Waals surface area contributed by atoms with Gasteiger partial charge in [0.1, 0.15) is 5.82 Å². The third kappa shape index (κ3) is 5.33. The molecule has 0 saturated carbocycles. The minimum Gasteiger partial charge on any atom is -0.366 e. The van der Waals surface area contributed by atoms with Gasteiger partial charge in [-0.1, -0.05) is 48.5 Å². The maximum absolute atomic E-state index is 12.5. The molecular formula is C29H26N6O2. The molecule has 8 heteroatoms. The zero-order valence-corrected chi connectivity index (χ0v) is 20.1. The lowest BCUT2D eigenvalue weighted by atomic mass is 9.96. The van der Waals surface area contributed by atoms with Crippen LogP contribution in [0.1, 0.15) is 28.9 Å². The van der Waals surface area contributed by atoms with Gasteiger partial charge in [-0.3, -0.25) is 19.3 Å². The minimum absolute atomic E-state index is 0.0461. The maximum Gasteiger partial charge on any atom is 0.249 e. The number of carbonyl (C=O) groups excluding carboxylic acids is 2. The van der Waals surface area contributed by atoms with E-state index in [9.17, 15) is 9.59 Å². The number of nitrogens with zero attached hydrogens (tertiary/aromatic N) is 3. The molecule has 0 aliphatic rings. The molecule has 2 heterocycles. The van der Waals surface area contributed by atoms with Gasteiger partial charge in [-0.25, -0.2) is 4.98 Å². The zero-order valence-electron chi connectivity index (χ0n) is 20.1. The Labute approximate surface area is 214 Å². The van der Waals surface area contributed by atoms with Gasteiger partial charge in [0.05, 0.1) is 17.5 Å². The summed E-state index contributed by atoms with van der Waals surface area (Å²) in [5, 5.41) is 9.82. The van der Waals surface area contributed by atoms with Crippen LogP contribution in [0.3, 0.4) is 0 Å². The van der Waals surface area contributed by atoms with E-state index in [-0.39, 0.29) is 5.91 Å². The van der Waals surface area contributed by atoms with Crippen LogP contribution in [0.15, 0.2) is 97.5 Å². The number of rotatable bonds is 9. The van der Waals surface area contributed by atoms with Gasteiger partial charge in [0, 0.05) is 41.3 Å². The number of para-hydroxylation sites is 2. The van der Waals surface area contributed by atoms with Crippen molar-refractivity contribution < 1.29 is 9.59 Å². The number of nitrogens with one attached hydrogen (secondary N) is 2. The molecule has 8 nitrogen and oxygen atoms in total. The Bertz CT molecular complexity index is 1510. The molecule has 0 radical (unpaired) electrons. The number of anilines is 1. The second-order valence-corrected chi connectivity index (χ2v) is 8.61. The predicted octanol–water partition coefficient (Wildman–Crippen LogP) is 4.99. The van der Waals surface area contributed by atoms with Crippen LogP contribution in [0.2, 0.25) is 0 Å². The lowest BCUT2D eigenvalue weighted by molar-refractivity contribution is -0.116. The number of amides is 2. The van der Waals surface area contributed by atoms with Gasteiger partial charge >= 0.3 is 0 Å². The van der Waals surface area contributed by atoms with Gasteiger partial charge < -0.3 is 11.1 Å². The first-order chi connectivity index (χ1) is 18.1. The van der Waals surface area contributed by atoms with Crippen LogP contribution in [0.25, 0.3) is 28.2 Å². The summed E-state index contributed by atoms with van der Waals surface area (Å²) in [6.07, 6.45) is 7.00. The molecule has 5 rings (SSSR count). The first-order valence-corrected chi connectivity index (χ1v) is 12.0. The number of aromatic nitrogens is 4. The lowest BCUT2D eigenvalue weighted by Crippen LogP contribution is -2.14. The lowest BCUT2D eigenvalue weighted by Gasteiger charge is -2.14. The quantitative estimate of drug-likeness (QED) is 0.270. The molecule has 0 fully saturated rings. The van der Waals surface area contributed by atoms with E-state index < -0.39 is 5.91 Å². The van der Waals surface area contributed by atoms with E-state index in [0.29, 0.717) is 36.2 Å². The van der Waals surface area contributed by atoms with E-state index in [2.05, 4.69) is 15.5 Å². The van der Waals surface area contributed by atoms with Crippen molar-refractivity contribution in [2.75, 3.05) is 5.32 Å². The molecule has 0 spiro atoms. The van der Waals surface area contributed by atoms with Gasteiger partial charge in [-0.15, -0.1) is 0 Å². The normalized spacial score (nSPS) is 10.8. The molecule has 0 atom stereocenters. The van der Waals surface area contributed by atoms with Crippen LogP contribution in [0.5, 0.6) is 0 Å². The van der Waals surface area contributed by atoms with Gasteiger partial charge in [0.2, 0.25) is 11.8 Å². The second-order valence-electron chi connectivity index (χ2n) is 8.61. The van der Waals surface area contributed by atoms with Crippen molar-refractivity contribution >= 4 is 17.5 Å². The highest BCUT2D eigenvalue weighted by molar-refractivity contribution is 6.03. The fourth-order valence-corrected chi connectivity index (χ4v) is 4.32. The Morgan fingerprint density at radius 2 is 1.70 bits per heavy atom. The van der Waals surface area contributed by atoms with E-state index in [1.807, 2.05) is 77.5 Å². The van der Waals surface area contributed by atoms with Crippen LogP contribution in [-0.2, 0) is 11.2 Å². The summed E-state index contributed by atoms with van der Waals surface area (Å²) < 4.78 is 1.96. The van der Waals surface area contributed by atoms with Crippen LogP contribution in [0.4, 0.5) is 5.69 Å². The molecule has 0 bridgehead atoms. The highest BCUT2D eigenvalue weighted by Gasteiger charge is 2.22. The highest BCUT2D eigenvalue weighted by Crippen LogP contribution is 2.35. The van der Waals surface area contributed by atoms with Crippen molar-refractivity contribution in [3.05, 3.63) is 109 Å². The Hall–Kier alpha value is -4.98. The van der Waals surface area contributed by atoms with Crippen LogP contribution in [-0.4, -0.2) is 31.6 Å². The van der Waals surface area contributed by atoms with Crippen molar-refractivity contribution in [3.8, 4) is 28.2 Å². The third-order valence-electron chi connectivity index (χ3n) is 6.05. The predicted molar refractivity (Wildman–Crippen MR) is 143 cm³/mol. The molecular weight excluding hydrogens is 464 g/mol. The van der Waals surface area contributed by atoms with E-state index >= 15 is 0 Å². The first-order valence-electron chi connectivity index (χ1n) is 12.0. The largest absolute Gasteiger partial charge is 0.366 e. The molecule has 0 aliphatic heterocycles. The molecule has 5 aromatic rings.